The predicted octanol–water partition coefficient (Wildman–Crippen LogP) is 2.52. The minimum absolute atomic E-state index is 0.0334. The van der Waals surface area contributed by atoms with Gasteiger partial charge in [0.2, 0.25) is 0 Å². The van der Waals surface area contributed by atoms with Gasteiger partial charge in [-0.15, -0.1) is 11.8 Å². The van der Waals surface area contributed by atoms with Crippen molar-refractivity contribution in [3.63, 3.8) is 0 Å². The molecule has 0 saturated carbocycles. The molecule has 1 aliphatic rings. The van der Waals surface area contributed by atoms with Crippen LogP contribution in [0.1, 0.15) is 10.4 Å². The molecule has 1 aliphatic heterocycles. The zero-order valence-electron chi connectivity index (χ0n) is 15.6. The summed E-state index contributed by atoms with van der Waals surface area (Å²) in [6.45, 7) is 0.533. The fourth-order valence-corrected chi connectivity index (χ4v) is 3.23. The number of thioether (sulfide) groups is 1. The molecule has 9 heteroatoms. The van der Waals surface area contributed by atoms with Crippen molar-refractivity contribution in [2.75, 3.05) is 38.0 Å². The van der Waals surface area contributed by atoms with Crippen molar-refractivity contribution in [2.45, 2.75) is 4.90 Å². The van der Waals surface area contributed by atoms with Crippen molar-refractivity contribution >= 4 is 35.3 Å². The van der Waals surface area contributed by atoms with Gasteiger partial charge in [0.05, 0.1) is 24.1 Å². The molecule has 0 aliphatic carbocycles. The molecule has 0 radical (unpaired) electrons. The van der Waals surface area contributed by atoms with E-state index >= 15 is 0 Å². The fraction of sp³-hybridized carbons (Fsp3) is 0.250. The van der Waals surface area contributed by atoms with Gasteiger partial charge < -0.3 is 24.3 Å². The number of carbonyl (C=O) groups is 3. The smallest absolute Gasteiger partial charge is 0.339 e. The van der Waals surface area contributed by atoms with Crippen LogP contribution in [0, 0.1) is 0 Å². The molecule has 29 heavy (non-hydrogen) atoms. The number of rotatable bonds is 7. The Hall–Kier alpha value is -3.20. The second-order valence-corrected chi connectivity index (χ2v) is 6.89. The molecular weight excluding hydrogens is 398 g/mol. The predicted molar refractivity (Wildman–Crippen MR) is 106 cm³/mol. The number of esters is 2. The highest BCUT2D eigenvalue weighted by molar-refractivity contribution is 8.00. The zero-order chi connectivity index (χ0) is 20.6. The molecule has 0 aromatic heterocycles. The Morgan fingerprint density at radius 2 is 1.83 bits per heavy atom. The van der Waals surface area contributed by atoms with Gasteiger partial charge in [0.15, 0.2) is 18.1 Å². The first-order chi connectivity index (χ1) is 14.1. The summed E-state index contributed by atoms with van der Waals surface area (Å²) in [4.78, 5) is 36.5. The van der Waals surface area contributed by atoms with Crippen LogP contribution in [-0.2, 0) is 19.1 Å². The highest BCUT2D eigenvalue weighted by Gasteiger charge is 2.15. The van der Waals surface area contributed by atoms with E-state index in [1.54, 1.807) is 30.3 Å². The van der Waals surface area contributed by atoms with E-state index in [9.17, 15) is 14.4 Å². The van der Waals surface area contributed by atoms with Crippen LogP contribution in [0.15, 0.2) is 47.4 Å². The normalized spacial score (nSPS) is 12.0. The molecule has 0 saturated heterocycles. The third-order valence-electron chi connectivity index (χ3n) is 3.84. The van der Waals surface area contributed by atoms with Crippen molar-refractivity contribution in [1.82, 2.24) is 0 Å². The largest absolute Gasteiger partial charge is 0.486 e. The van der Waals surface area contributed by atoms with E-state index < -0.39 is 24.5 Å². The molecule has 2 aromatic carbocycles. The lowest BCUT2D eigenvalue weighted by Gasteiger charge is -2.18. The summed E-state index contributed by atoms with van der Waals surface area (Å²) in [6, 6.07) is 11.8. The van der Waals surface area contributed by atoms with E-state index in [0.717, 1.165) is 4.90 Å². The first kappa shape index (κ1) is 20.5. The van der Waals surface area contributed by atoms with E-state index in [1.165, 1.54) is 24.9 Å². The summed E-state index contributed by atoms with van der Waals surface area (Å²) in [5.41, 5.74) is 0.495. The molecule has 152 valence electrons. The maximum absolute atomic E-state index is 12.0. The standard InChI is InChI=1S/C20H19NO7S/c1-25-20(24)14-4-2-3-5-15(14)21-18(22)11-28-19(23)12-29-13-6-7-16-17(10-13)27-9-8-26-16/h2-7,10H,8-9,11-12H2,1H3,(H,21,22). The van der Waals surface area contributed by atoms with E-state index in [0.29, 0.717) is 24.7 Å². The molecule has 0 unspecified atom stereocenters. The lowest BCUT2D eigenvalue weighted by Crippen LogP contribution is -2.22. The van der Waals surface area contributed by atoms with Gasteiger partial charge in [0, 0.05) is 4.90 Å². The Bertz CT molecular complexity index is 915. The zero-order valence-corrected chi connectivity index (χ0v) is 16.5. The van der Waals surface area contributed by atoms with Gasteiger partial charge in [-0.25, -0.2) is 4.79 Å². The molecule has 3 rings (SSSR count). The number of benzene rings is 2. The third-order valence-corrected chi connectivity index (χ3v) is 4.81. The molecule has 2 aromatic rings. The number of hydrogen-bond donors (Lipinski definition) is 1. The number of fused-ring (bicyclic) bond motifs is 1. The van der Waals surface area contributed by atoms with Gasteiger partial charge >= 0.3 is 11.9 Å². The number of methoxy groups -OCH3 is 1. The van der Waals surface area contributed by atoms with Gasteiger partial charge in [0.25, 0.3) is 5.91 Å². The summed E-state index contributed by atoms with van der Waals surface area (Å²) in [5, 5.41) is 2.53. The molecule has 0 spiro atoms. The highest BCUT2D eigenvalue weighted by Crippen LogP contribution is 2.34. The number of para-hydroxylation sites is 1. The Balaban J connectivity index is 1.46. The van der Waals surface area contributed by atoms with E-state index in [1.807, 2.05) is 6.07 Å². The first-order valence-electron chi connectivity index (χ1n) is 8.72. The topological polar surface area (TPSA) is 100 Å². The average molecular weight is 417 g/mol. The number of hydrogen-bond acceptors (Lipinski definition) is 8. The number of amides is 1. The lowest BCUT2D eigenvalue weighted by molar-refractivity contribution is -0.144. The van der Waals surface area contributed by atoms with Gasteiger partial charge in [0.1, 0.15) is 13.2 Å². The Morgan fingerprint density at radius 3 is 2.62 bits per heavy atom. The van der Waals surface area contributed by atoms with Gasteiger partial charge in [-0.3, -0.25) is 9.59 Å². The van der Waals surface area contributed by atoms with Gasteiger partial charge in [-0.05, 0) is 30.3 Å². The minimum Gasteiger partial charge on any atom is -0.486 e. The van der Waals surface area contributed by atoms with Crippen LogP contribution < -0.4 is 14.8 Å². The van der Waals surface area contributed by atoms with Crippen molar-refractivity contribution < 1.29 is 33.3 Å². The molecule has 1 amide bonds. The maximum Gasteiger partial charge on any atom is 0.339 e. The van der Waals surface area contributed by atoms with Crippen LogP contribution in [0.2, 0.25) is 0 Å². The van der Waals surface area contributed by atoms with Crippen LogP contribution in [0.4, 0.5) is 5.69 Å². The van der Waals surface area contributed by atoms with Crippen molar-refractivity contribution in [2.24, 2.45) is 0 Å². The fourth-order valence-electron chi connectivity index (χ4n) is 2.51. The molecular formula is C20H19NO7S. The monoisotopic (exact) mass is 417 g/mol. The summed E-state index contributed by atoms with van der Waals surface area (Å²) in [5.74, 6) is -0.328. The second kappa shape index (κ2) is 9.83. The SMILES string of the molecule is COC(=O)c1ccccc1NC(=O)COC(=O)CSc1ccc2c(c1)OCCO2. The van der Waals surface area contributed by atoms with Crippen molar-refractivity contribution in [3.8, 4) is 11.5 Å². The van der Waals surface area contributed by atoms with E-state index in [4.69, 9.17) is 14.2 Å². The van der Waals surface area contributed by atoms with Gasteiger partial charge in [-0.1, -0.05) is 12.1 Å². The van der Waals surface area contributed by atoms with Crippen LogP contribution in [0.5, 0.6) is 11.5 Å². The second-order valence-electron chi connectivity index (χ2n) is 5.84. The van der Waals surface area contributed by atoms with Gasteiger partial charge in [-0.2, -0.15) is 0 Å². The number of ether oxygens (including phenoxy) is 4. The summed E-state index contributed by atoms with van der Waals surface area (Å²) >= 11 is 1.26. The quantitative estimate of drug-likeness (QED) is 0.542. The maximum atomic E-state index is 12.0. The summed E-state index contributed by atoms with van der Waals surface area (Å²) < 4.78 is 20.6. The third kappa shape index (κ3) is 5.64. The minimum atomic E-state index is -0.575. The van der Waals surface area contributed by atoms with Crippen LogP contribution in [0.3, 0.4) is 0 Å². The van der Waals surface area contributed by atoms with E-state index in [-0.39, 0.29) is 17.0 Å². The Labute approximate surface area is 171 Å². The molecule has 8 nitrogen and oxygen atoms in total. The van der Waals surface area contributed by atoms with Crippen molar-refractivity contribution in [1.29, 1.82) is 0 Å². The molecule has 0 bridgehead atoms. The van der Waals surface area contributed by atoms with Crippen LogP contribution in [-0.4, -0.2) is 50.5 Å². The number of anilines is 1. The first-order valence-corrected chi connectivity index (χ1v) is 9.70. The molecule has 0 atom stereocenters. The number of nitrogens with one attached hydrogen (secondary N) is 1. The van der Waals surface area contributed by atoms with Crippen LogP contribution >= 0.6 is 11.8 Å². The van der Waals surface area contributed by atoms with Crippen LogP contribution in [0.25, 0.3) is 0 Å². The number of carbonyl (C=O) groups excluding carboxylic acids is 3. The Morgan fingerprint density at radius 1 is 1.07 bits per heavy atom. The molecule has 1 N–H and O–H groups in total. The van der Waals surface area contributed by atoms with Crippen molar-refractivity contribution in [3.05, 3.63) is 48.0 Å². The summed E-state index contributed by atoms with van der Waals surface area (Å²) in [6.07, 6.45) is 0. The van der Waals surface area contributed by atoms with E-state index in [2.05, 4.69) is 10.1 Å². The lowest BCUT2D eigenvalue weighted by atomic mass is 10.2. The average Bonchev–Trinajstić information content (AvgIpc) is 2.76. The molecule has 0 fully saturated rings. The molecule has 1 heterocycles. The Kier molecular flexibility index (Phi) is 6.96. The highest BCUT2D eigenvalue weighted by atomic mass is 32.2. The summed E-state index contributed by atoms with van der Waals surface area (Å²) in [7, 11) is 1.25.